The summed E-state index contributed by atoms with van der Waals surface area (Å²) in [6, 6.07) is 4.73. The second kappa shape index (κ2) is 7.46. The molecule has 1 atom stereocenters. The summed E-state index contributed by atoms with van der Waals surface area (Å²) in [6.07, 6.45) is 5.22. The van der Waals surface area contributed by atoms with Gasteiger partial charge in [-0.2, -0.15) is 0 Å². The van der Waals surface area contributed by atoms with E-state index in [1.165, 1.54) is 24.0 Å². The Hall–Kier alpha value is -1.55. The molecule has 0 aliphatic heterocycles. The molecular formula is C17H26N2O2. The van der Waals surface area contributed by atoms with Crippen molar-refractivity contribution in [3.05, 3.63) is 23.3 Å². The largest absolute Gasteiger partial charge is 0.495 e. The predicted octanol–water partition coefficient (Wildman–Crippen LogP) is 2.85. The van der Waals surface area contributed by atoms with Crippen LogP contribution in [0.3, 0.4) is 0 Å². The van der Waals surface area contributed by atoms with Crippen LogP contribution in [-0.4, -0.2) is 37.6 Å². The Morgan fingerprint density at radius 1 is 1.24 bits per heavy atom. The van der Waals surface area contributed by atoms with Crippen LogP contribution >= 0.6 is 0 Å². The fourth-order valence-corrected chi connectivity index (χ4v) is 3.28. The van der Waals surface area contributed by atoms with E-state index in [0.717, 1.165) is 37.4 Å². The summed E-state index contributed by atoms with van der Waals surface area (Å²) in [6.45, 7) is 6.78. The van der Waals surface area contributed by atoms with E-state index in [0.29, 0.717) is 12.5 Å². The fraction of sp³-hybridized carbons (Fsp3) is 0.588. The van der Waals surface area contributed by atoms with Gasteiger partial charge in [0.15, 0.2) is 0 Å². The Balaban J connectivity index is 2.19. The van der Waals surface area contributed by atoms with Crippen molar-refractivity contribution in [2.45, 2.75) is 45.6 Å². The number of hydrogen-bond donors (Lipinski definition) is 1. The van der Waals surface area contributed by atoms with E-state index in [9.17, 15) is 4.79 Å². The van der Waals surface area contributed by atoms with E-state index in [1.807, 2.05) is 0 Å². The van der Waals surface area contributed by atoms with Gasteiger partial charge in [-0.15, -0.1) is 0 Å². The molecule has 0 heterocycles. The van der Waals surface area contributed by atoms with Gasteiger partial charge in [-0.25, -0.2) is 0 Å². The summed E-state index contributed by atoms with van der Waals surface area (Å²) in [5, 5.41) is 2.73. The second-order valence-corrected chi connectivity index (χ2v) is 5.68. The van der Waals surface area contributed by atoms with Crippen molar-refractivity contribution in [3.8, 4) is 5.75 Å². The van der Waals surface area contributed by atoms with E-state index >= 15 is 0 Å². The minimum atomic E-state index is 0.580. The zero-order valence-electron chi connectivity index (χ0n) is 13.3. The van der Waals surface area contributed by atoms with Crippen LogP contribution in [0.25, 0.3) is 0 Å². The van der Waals surface area contributed by atoms with Gasteiger partial charge in [0, 0.05) is 6.04 Å². The maximum absolute atomic E-state index is 10.7. The Morgan fingerprint density at radius 3 is 2.38 bits per heavy atom. The van der Waals surface area contributed by atoms with Crippen LogP contribution in [0.5, 0.6) is 5.75 Å². The third-order valence-electron chi connectivity index (χ3n) is 4.19. The maximum Gasteiger partial charge on any atom is 0.211 e. The molecule has 116 valence electrons. The molecule has 0 saturated carbocycles. The van der Waals surface area contributed by atoms with Crippen LogP contribution in [0.4, 0.5) is 5.69 Å². The van der Waals surface area contributed by atoms with Gasteiger partial charge in [-0.1, -0.05) is 13.8 Å². The maximum atomic E-state index is 10.7. The summed E-state index contributed by atoms with van der Waals surface area (Å²) in [5.41, 5.74) is 3.46. The smallest absolute Gasteiger partial charge is 0.211 e. The first-order valence-corrected chi connectivity index (χ1v) is 7.87. The topological polar surface area (TPSA) is 41.6 Å². The minimum absolute atomic E-state index is 0.580. The van der Waals surface area contributed by atoms with Crippen molar-refractivity contribution >= 4 is 12.1 Å². The summed E-state index contributed by atoms with van der Waals surface area (Å²) in [4.78, 5) is 13.3. The van der Waals surface area contributed by atoms with E-state index in [1.54, 1.807) is 7.11 Å². The Kier molecular flexibility index (Phi) is 5.62. The van der Waals surface area contributed by atoms with Crippen molar-refractivity contribution in [2.24, 2.45) is 0 Å². The molecule has 2 rings (SSSR count). The number of hydrogen-bond acceptors (Lipinski definition) is 3. The molecule has 21 heavy (non-hydrogen) atoms. The molecule has 0 aromatic heterocycles. The third kappa shape index (κ3) is 3.56. The number of amides is 1. The summed E-state index contributed by atoms with van der Waals surface area (Å²) in [5.74, 6) is 0.749. The monoisotopic (exact) mass is 290 g/mol. The van der Waals surface area contributed by atoms with Gasteiger partial charge in [-0.3, -0.25) is 9.69 Å². The lowest BCUT2D eigenvalue weighted by Crippen LogP contribution is -2.37. The minimum Gasteiger partial charge on any atom is -0.495 e. The number of nitrogens with one attached hydrogen (secondary N) is 1. The van der Waals surface area contributed by atoms with Crippen molar-refractivity contribution in [3.63, 3.8) is 0 Å². The first-order chi connectivity index (χ1) is 10.2. The molecule has 1 amide bonds. The summed E-state index contributed by atoms with van der Waals surface area (Å²) >= 11 is 0. The van der Waals surface area contributed by atoms with Gasteiger partial charge in [0.05, 0.1) is 12.8 Å². The van der Waals surface area contributed by atoms with Crippen molar-refractivity contribution in [2.75, 3.05) is 25.5 Å². The molecule has 1 aromatic rings. The molecule has 1 aliphatic carbocycles. The molecule has 1 N–H and O–H groups in total. The molecule has 4 heteroatoms. The highest BCUT2D eigenvalue weighted by Crippen LogP contribution is 2.34. The average molecular weight is 290 g/mol. The highest BCUT2D eigenvalue weighted by molar-refractivity contribution is 5.76. The SMILES string of the molecule is CCCN(CCC)C1Cc2cc(NC=O)c(OC)cc2C1. The van der Waals surface area contributed by atoms with Crippen molar-refractivity contribution < 1.29 is 9.53 Å². The van der Waals surface area contributed by atoms with Crippen LogP contribution in [0.1, 0.15) is 37.8 Å². The molecule has 0 radical (unpaired) electrons. The number of carbonyl (C=O) groups is 1. The number of benzene rings is 1. The molecule has 0 spiro atoms. The number of ether oxygens (including phenoxy) is 1. The lowest BCUT2D eigenvalue weighted by Gasteiger charge is -2.27. The fourth-order valence-electron chi connectivity index (χ4n) is 3.28. The number of methoxy groups -OCH3 is 1. The molecule has 0 fully saturated rings. The lowest BCUT2D eigenvalue weighted by molar-refractivity contribution is -0.105. The quantitative estimate of drug-likeness (QED) is 0.749. The molecule has 0 saturated heterocycles. The van der Waals surface area contributed by atoms with Gasteiger partial charge in [0.25, 0.3) is 0 Å². The van der Waals surface area contributed by atoms with E-state index in [-0.39, 0.29) is 0 Å². The number of nitrogens with zero attached hydrogens (tertiary/aromatic N) is 1. The zero-order chi connectivity index (χ0) is 15.2. The number of carbonyl (C=O) groups excluding carboxylic acids is 1. The van der Waals surface area contributed by atoms with Gasteiger partial charge < -0.3 is 10.1 Å². The Labute approximate surface area is 127 Å². The van der Waals surface area contributed by atoms with Gasteiger partial charge >= 0.3 is 0 Å². The van der Waals surface area contributed by atoms with Crippen molar-refractivity contribution in [1.29, 1.82) is 0 Å². The predicted molar refractivity (Wildman–Crippen MR) is 86.0 cm³/mol. The summed E-state index contributed by atoms with van der Waals surface area (Å²) in [7, 11) is 1.64. The number of rotatable bonds is 8. The number of anilines is 1. The van der Waals surface area contributed by atoms with Crippen molar-refractivity contribution in [1.82, 2.24) is 4.90 Å². The lowest BCUT2D eigenvalue weighted by atomic mass is 10.1. The summed E-state index contributed by atoms with van der Waals surface area (Å²) < 4.78 is 5.38. The highest BCUT2D eigenvalue weighted by atomic mass is 16.5. The van der Waals surface area contributed by atoms with E-state index in [2.05, 4.69) is 36.2 Å². The van der Waals surface area contributed by atoms with Crippen LogP contribution < -0.4 is 10.1 Å². The number of fused-ring (bicyclic) bond motifs is 1. The van der Waals surface area contributed by atoms with E-state index in [4.69, 9.17) is 4.74 Å². The molecule has 4 nitrogen and oxygen atoms in total. The average Bonchev–Trinajstić information content (AvgIpc) is 2.89. The molecule has 1 unspecified atom stereocenters. The van der Waals surface area contributed by atoms with Crippen LogP contribution in [0.15, 0.2) is 12.1 Å². The van der Waals surface area contributed by atoms with Gasteiger partial charge in [0.2, 0.25) is 6.41 Å². The Morgan fingerprint density at radius 2 is 1.86 bits per heavy atom. The second-order valence-electron chi connectivity index (χ2n) is 5.68. The van der Waals surface area contributed by atoms with Crippen LogP contribution in [0.2, 0.25) is 0 Å². The third-order valence-corrected chi connectivity index (χ3v) is 4.19. The van der Waals surface area contributed by atoms with Crippen LogP contribution in [-0.2, 0) is 17.6 Å². The van der Waals surface area contributed by atoms with E-state index < -0.39 is 0 Å². The Bertz CT molecular complexity index is 482. The molecule has 1 aromatic carbocycles. The van der Waals surface area contributed by atoms with Gasteiger partial charge in [0.1, 0.15) is 5.75 Å². The van der Waals surface area contributed by atoms with Crippen LogP contribution in [0, 0.1) is 0 Å². The molecule has 1 aliphatic rings. The molecular weight excluding hydrogens is 264 g/mol. The molecule has 0 bridgehead atoms. The first kappa shape index (κ1) is 15.8. The van der Waals surface area contributed by atoms with Gasteiger partial charge in [-0.05, 0) is 62.0 Å². The standard InChI is InChI=1S/C17H26N2O2/c1-4-6-19(7-5-2)15-8-13-10-16(18-12-20)17(21-3)11-14(13)9-15/h10-12,15H,4-9H2,1-3H3,(H,18,20). The zero-order valence-corrected chi connectivity index (χ0v) is 13.3. The first-order valence-electron chi connectivity index (χ1n) is 7.87. The normalized spacial score (nSPS) is 16.9. The highest BCUT2D eigenvalue weighted by Gasteiger charge is 2.27.